The van der Waals surface area contributed by atoms with Crippen LogP contribution in [0.1, 0.15) is 31.7 Å². The molecule has 11 heteroatoms. The van der Waals surface area contributed by atoms with E-state index in [4.69, 9.17) is 4.74 Å². The monoisotopic (exact) mass is 415 g/mol. The lowest BCUT2D eigenvalue weighted by Gasteiger charge is -2.29. The molecule has 0 aliphatic rings. The lowest BCUT2D eigenvalue weighted by Crippen LogP contribution is -2.47. The second-order valence-corrected chi connectivity index (χ2v) is 6.75. The first-order valence-corrected chi connectivity index (χ1v) is 8.93. The predicted octanol–water partition coefficient (Wildman–Crippen LogP) is 2.24. The lowest BCUT2D eigenvalue weighted by molar-refractivity contribution is -0.272. The smallest absolute Gasteiger partial charge is 0.424 e. The second kappa shape index (κ2) is 9.12. The van der Waals surface area contributed by atoms with Crippen molar-refractivity contribution in [3.63, 3.8) is 0 Å². The van der Waals surface area contributed by atoms with E-state index < -0.39 is 36.6 Å². The van der Waals surface area contributed by atoms with Crippen LogP contribution in [0.4, 0.5) is 18.0 Å². The van der Waals surface area contributed by atoms with Crippen molar-refractivity contribution in [2.24, 2.45) is 7.05 Å². The molecule has 0 radical (unpaired) electrons. The van der Waals surface area contributed by atoms with Gasteiger partial charge in [-0.25, -0.2) is 14.8 Å². The Labute approximate surface area is 166 Å². The number of amides is 2. The van der Waals surface area contributed by atoms with E-state index in [0.717, 1.165) is 10.8 Å². The Morgan fingerprint density at radius 1 is 1.28 bits per heavy atom. The maximum atomic E-state index is 13.4. The van der Waals surface area contributed by atoms with Gasteiger partial charge in [-0.05, 0) is 19.4 Å². The molecule has 0 aliphatic heterocycles. The summed E-state index contributed by atoms with van der Waals surface area (Å²) < 4.78 is 46.7. The van der Waals surface area contributed by atoms with Gasteiger partial charge in [0.2, 0.25) is 11.5 Å². The van der Waals surface area contributed by atoms with Gasteiger partial charge in [0.05, 0.1) is 6.10 Å². The SMILES string of the molecule is CC(C)Oc1ccc(CNC(=O)NCCC(O)(c2nccn2C)C(F)(F)F)cn1. The minimum absolute atomic E-state index is 0.0154. The highest BCUT2D eigenvalue weighted by Crippen LogP contribution is 2.40. The zero-order chi connectivity index (χ0) is 21.7. The van der Waals surface area contributed by atoms with E-state index in [9.17, 15) is 23.1 Å². The standard InChI is InChI=1S/C18H24F3N5O3/c1-12(2)29-14-5-4-13(10-24-14)11-25-16(27)23-7-6-17(28,18(19,20)21)15-22-8-9-26(15)3/h4-5,8-10,12,28H,6-7,11H2,1-3H3,(H2,23,25,27). The van der Waals surface area contributed by atoms with Crippen LogP contribution in [0, 0.1) is 0 Å². The first kappa shape index (κ1) is 22.5. The van der Waals surface area contributed by atoms with Gasteiger partial charge in [-0.2, -0.15) is 13.2 Å². The minimum Gasteiger partial charge on any atom is -0.475 e. The molecule has 2 heterocycles. The molecule has 0 bridgehead atoms. The number of hydrogen-bond acceptors (Lipinski definition) is 5. The number of nitrogens with zero attached hydrogens (tertiary/aromatic N) is 3. The van der Waals surface area contributed by atoms with E-state index in [2.05, 4.69) is 20.6 Å². The van der Waals surface area contributed by atoms with Crippen LogP contribution >= 0.6 is 0 Å². The fourth-order valence-corrected chi connectivity index (χ4v) is 2.57. The Hall–Kier alpha value is -2.82. The summed E-state index contributed by atoms with van der Waals surface area (Å²) in [6.07, 6.45) is -1.75. The summed E-state index contributed by atoms with van der Waals surface area (Å²) in [5, 5.41) is 15.0. The van der Waals surface area contributed by atoms with Crippen molar-refractivity contribution in [2.75, 3.05) is 6.54 Å². The third-order valence-electron chi connectivity index (χ3n) is 4.04. The predicted molar refractivity (Wildman–Crippen MR) is 98.0 cm³/mol. The highest BCUT2D eigenvalue weighted by atomic mass is 19.4. The number of urea groups is 1. The number of aromatic nitrogens is 3. The molecule has 1 atom stereocenters. The van der Waals surface area contributed by atoms with Gasteiger partial charge in [0, 0.05) is 51.2 Å². The van der Waals surface area contributed by atoms with Gasteiger partial charge in [-0.1, -0.05) is 6.07 Å². The molecule has 2 amide bonds. The van der Waals surface area contributed by atoms with Crippen LogP contribution in [0.2, 0.25) is 0 Å². The van der Waals surface area contributed by atoms with Crippen LogP contribution in [0.15, 0.2) is 30.7 Å². The number of rotatable bonds is 8. The highest BCUT2D eigenvalue weighted by Gasteiger charge is 2.57. The average molecular weight is 415 g/mol. The molecule has 3 N–H and O–H groups in total. The molecule has 2 rings (SSSR count). The Morgan fingerprint density at radius 2 is 2.00 bits per heavy atom. The van der Waals surface area contributed by atoms with Gasteiger partial charge in [-0.3, -0.25) is 0 Å². The number of pyridine rings is 1. The summed E-state index contributed by atoms with van der Waals surface area (Å²) in [5.41, 5.74) is -2.48. The van der Waals surface area contributed by atoms with Gasteiger partial charge >= 0.3 is 12.2 Å². The summed E-state index contributed by atoms with van der Waals surface area (Å²) in [6, 6.07) is 2.71. The van der Waals surface area contributed by atoms with Crippen LogP contribution < -0.4 is 15.4 Å². The van der Waals surface area contributed by atoms with E-state index >= 15 is 0 Å². The number of nitrogens with one attached hydrogen (secondary N) is 2. The van der Waals surface area contributed by atoms with Crippen molar-refractivity contribution in [2.45, 2.75) is 44.7 Å². The second-order valence-electron chi connectivity index (χ2n) is 6.75. The molecule has 160 valence electrons. The fourth-order valence-electron chi connectivity index (χ4n) is 2.57. The topological polar surface area (TPSA) is 101 Å². The van der Waals surface area contributed by atoms with Crippen molar-refractivity contribution in [3.05, 3.63) is 42.1 Å². The van der Waals surface area contributed by atoms with E-state index in [1.165, 1.54) is 19.4 Å². The molecule has 0 saturated heterocycles. The van der Waals surface area contributed by atoms with Crippen molar-refractivity contribution in [1.29, 1.82) is 0 Å². The molecular weight excluding hydrogens is 391 g/mol. The largest absolute Gasteiger partial charge is 0.475 e. The molecule has 2 aromatic rings. The number of ether oxygens (including phenoxy) is 1. The summed E-state index contributed by atoms with van der Waals surface area (Å²) in [6.45, 7) is 3.46. The van der Waals surface area contributed by atoms with Crippen LogP contribution in [-0.2, 0) is 19.2 Å². The molecule has 0 spiro atoms. The van der Waals surface area contributed by atoms with Gasteiger partial charge in [0.1, 0.15) is 5.82 Å². The molecule has 1 unspecified atom stereocenters. The van der Waals surface area contributed by atoms with Crippen molar-refractivity contribution < 1.29 is 27.8 Å². The van der Waals surface area contributed by atoms with E-state index in [1.807, 2.05) is 13.8 Å². The van der Waals surface area contributed by atoms with E-state index in [1.54, 1.807) is 12.1 Å². The number of alkyl halides is 3. The first-order valence-electron chi connectivity index (χ1n) is 8.93. The number of hydrogen-bond donors (Lipinski definition) is 3. The maximum absolute atomic E-state index is 13.4. The normalized spacial score (nSPS) is 13.8. The molecule has 8 nitrogen and oxygen atoms in total. The maximum Gasteiger partial charge on any atom is 0.424 e. The Kier molecular flexibility index (Phi) is 7.07. The van der Waals surface area contributed by atoms with Crippen molar-refractivity contribution in [1.82, 2.24) is 25.2 Å². The minimum atomic E-state index is -4.95. The number of halogens is 3. The number of carbonyl (C=O) groups is 1. The first-order chi connectivity index (χ1) is 13.5. The highest BCUT2D eigenvalue weighted by molar-refractivity contribution is 5.73. The Morgan fingerprint density at radius 3 is 2.52 bits per heavy atom. The Bertz CT molecular complexity index is 808. The van der Waals surface area contributed by atoms with E-state index in [0.29, 0.717) is 11.4 Å². The zero-order valence-electron chi connectivity index (χ0n) is 16.3. The number of imidazole rings is 1. The van der Waals surface area contributed by atoms with E-state index in [-0.39, 0.29) is 12.6 Å². The lowest BCUT2D eigenvalue weighted by atomic mass is 9.97. The van der Waals surface area contributed by atoms with Gasteiger partial charge in [0.25, 0.3) is 0 Å². The van der Waals surface area contributed by atoms with Crippen molar-refractivity contribution in [3.8, 4) is 5.88 Å². The summed E-state index contributed by atoms with van der Waals surface area (Å²) in [4.78, 5) is 19.6. The molecule has 29 heavy (non-hydrogen) atoms. The zero-order valence-corrected chi connectivity index (χ0v) is 16.3. The molecule has 0 aromatic carbocycles. The fraction of sp³-hybridized carbons (Fsp3) is 0.500. The van der Waals surface area contributed by atoms with Crippen molar-refractivity contribution >= 4 is 6.03 Å². The summed E-state index contributed by atoms with van der Waals surface area (Å²) in [7, 11) is 1.35. The summed E-state index contributed by atoms with van der Waals surface area (Å²) >= 11 is 0. The molecule has 0 fully saturated rings. The summed E-state index contributed by atoms with van der Waals surface area (Å²) in [5.74, 6) is -0.0871. The third kappa shape index (κ3) is 5.83. The number of aryl methyl sites for hydroxylation is 1. The van der Waals surface area contributed by atoms with Crippen LogP contribution in [0.3, 0.4) is 0 Å². The third-order valence-corrected chi connectivity index (χ3v) is 4.04. The molecule has 0 saturated carbocycles. The molecule has 0 aliphatic carbocycles. The van der Waals surface area contributed by atoms with Gasteiger partial charge in [0.15, 0.2) is 0 Å². The molecule has 2 aromatic heterocycles. The van der Waals surface area contributed by atoms with Gasteiger partial charge in [-0.15, -0.1) is 0 Å². The van der Waals surface area contributed by atoms with Gasteiger partial charge < -0.3 is 25.0 Å². The van der Waals surface area contributed by atoms with Crippen LogP contribution in [0.25, 0.3) is 0 Å². The quantitative estimate of drug-likeness (QED) is 0.614. The average Bonchev–Trinajstić information content (AvgIpc) is 3.06. The number of carbonyl (C=O) groups excluding carboxylic acids is 1. The van der Waals surface area contributed by atoms with Crippen LogP contribution in [-0.4, -0.2) is 44.5 Å². The number of aliphatic hydroxyl groups is 1. The van der Waals surface area contributed by atoms with Crippen LogP contribution in [0.5, 0.6) is 5.88 Å². The Balaban J connectivity index is 1.86. The molecular formula is C18H24F3N5O3.